The highest BCUT2D eigenvalue weighted by atomic mass is 16.3. The quantitative estimate of drug-likeness (QED) is 0.530. The molecule has 2 aromatic carbocycles. The molecule has 1 unspecified atom stereocenters. The number of nitriles is 1. The van der Waals surface area contributed by atoms with Gasteiger partial charge < -0.3 is 15.3 Å². The molecule has 1 fully saturated rings. The lowest BCUT2D eigenvalue weighted by Crippen LogP contribution is -2.36. The molecule has 0 bridgehead atoms. The van der Waals surface area contributed by atoms with Gasteiger partial charge in [0.1, 0.15) is 6.54 Å². The summed E-state index contributed by atoms with van der Waals surface area (Å²) in [5.41, 5.74) is 4.73. The van der Waals surface area contributed by atoms with Crippen LogP contribution in [0.3, 0.4) is 0 Å². The number of carbonyl (C=O) groups excluding carboxylic acids is 1. The van der Waals surface area contributed by atoms with Crippen LogP contribution in [0.2, 0.25) is 0 Å². The summed E-state index contributed by atoms with van der Waals surface area (Å²) < 4.78 is 0. The van der Waals surface area contributed by atoms with Crippen LogP contribution in [0, 0.1) is 23.2 Å². The molecule has 1 heterocycles. The van der Waals surface area contributed by atoms with Crippen LogP contribution >= 0.6 is 0 Å². The van der Waals surface area contributed by atoms with E-state index in [2.05, 4.69) is 60.5 Å². The zero-order chi connectivity index (χ0) is 23.6. The minimum atomic E-state index is -0.263. The van der Waals surface area contributed by atoms with Crippen molar-refractivity contribution in [2.24, 2.45) is 11.8 Å². The molecule has 0 aromatic heterocycles. The Morgan fingerprint density at radius 2 is 1.94 bits per heavy atom. The number of carbonyl (C=O) groups is 1. The standard InChI is InChI=1S/C28H37N3O2/c1-21(2)18-27(28(33)30-13-12-29)25-8-5-7-24(20-25)26-9-4-3-6-23(26)19-22-10-14-31(15-11-22)16-17-32/h3-9,20-22,27,32H,10-11,13-19H2,1-2H3,(H,30,33). The van der Waals surface area contributed by atoms with Gasteiger partial charge in [-0.05, 0) is 72.9 Å². The van der Waals surface area contributed by atoms with E-state index >= 15 is 0 Å². The number of nitrogens with one attached hydrogen (secondary N) is 1. The van der Waals surface area contributed by atoms with Crippen LogP contribution in [0.5, 0.6) is 0 Å². The first-order valence-electron chi connectivity index (χ1n) is 12.2. The number of aliphatic hydroxyl groups is 1. The van der Waals surface area contributed by atoms with Crippen molar-refractivity contribution in [2.75, 3.05) is 32.8 Å². The maximum atomic E-state index is 12.8. The van der Waals surface area contributed by atoms with Gasteiger partial charge in [-0.2, -0.15) is 5.26 Å². The highest BCUT2D eigenvalue weighted by Gasteiger charge is 2.23. The van der Waals surface area contributed by atoms with Gasteiger partial charge in [0.05, 0.1) is 18.6 Å². The zero-order valence-electron chi connectivity index (χ0n) is 20.0. The summed E-state index contributed by atoms with van der Waals surface area (Å²) in [6.45, 7) is 7.39. The monoisotopic (exact) mass is 447 g/mol. The number of piperidine rings is 1. The van der Waals surface area contributed by atoms with Crippen LogP contribution in [0.1, 0.15) is 50.2 Å². The molecule has 1 amide bonds. The average Bonchev–Trinajstić information content (AvgIpc) is 2.83. The molecule has 176 valence electrons. The summed E-state index contributed by atoms with van der Waals surface area (Å²) in [5.74, 6) is 0.678. The fourth-order valence-electron chi connectivity index (χ4n) is 4.89. The molecule has 5 nitrogen and oxygen atoms in total. The first kappa shape index (κ1) is 25.0. The van der Waals surface area contributed by atoms with E-state index in [0.29, 0.717) is 11.8 Å². The number of aliphatic hydroxyl groups excluding tert-OH is 1. The molecule has 1 saturated heterocycles. The lowest BCUT2D eigenvalue weighted by atomic mass is 9.85. The fourth-order valence-corrected chi connectivity index (χ4v) is 4.89. The largest absolute Gasteiger partial charge is 0.395 e. The van der Waals surface area contributed by atoms with Crippen molar-refractivity contribution in [1.29, 1.82) is 5.26 Å². The number of hydrogen-bond donors (Lipinski definition) is 2. The highest BCUT2D eigenvalue weighted by Crippen LogP contribution is 2.32. The van der Waals surface area contributed by atoms with Gasteiger partial charge in [-0.15, -0.1) is 0 Å². The van der Waals surface area contributed by atoms with Crippen LogP contribution in [0.4, 0.5) is 0 Å². The van der Waals surface area contributed by atoms with Crippen LogP contribution in [-0.2, 0) is 11.2 Å². The Labute approximate surface area is 198 Å². The van der Waals surface area contributed by atoms with Crippen molar-refractivity contribution in [3.8, 4) is 17.2 Å². The Bertz CT molecular complexity index is 942. The van der Waals surface area contributed by atoms with Gasteiger partial charge in [0.2, 0.25) is 5.91 Å². The van der Waals surface area contributed by atoms with Crippen LogP contribution < -0.4 is 5.32 Å². The van der Waals surface area contributed by atoms with Gasteiger partial charge >= 0.3 is 0 Å². The number of β-amino-alcohol motifs (C(OH)–C–C–N with tert-alkyl or cyclic N) is 1. The summed E-state index contributed by atoms with van der Waals surface area (Å²) in [4.78, 5) is 15.2. The van der Waals surface area contributed by atoms with Crippen LogP contribution in [-0.4, -0.2) is 48.7 Å². The average molecular weight is 448 g/mol. The van der Waals surface area contributed by atoms with Gasteiger partial charge in [0.25, 0.3) is 0 Å². The number of hydrogen-bond acceptors (Lipinski definition) is 4. The number of nitrogens with zero attached hydrogens (tertiary/aromatic N) is 2. The van der Waals surface area contributed by atoms with Crippen LogP contribution in [0.25, 0.3) is 11.1 Å². The van der Waals surface area contributed by atoms with E-state index in [1.54, 1.807) is 0 Å². The molecule has 1 aliphatic rings. The third kappa shape index (κ3) is 7.15. The van der Waals surface area contributed by atoms with E-state index in [-0.39, 0.29) is 25.0 Å². The molecule has 0 spiro atoms. The third-order valence-electron chi connectivity index (χ3n) is 6.61. The van der Waals surface area contributed by atoms with Gasteiger partial charge in [0.15, 0.2) is 0 Å². The maximum absolute atomic E-state index is 12.8. The molecule has 1 aliphatic heterocycles. The second kappa shape index (κ2) is 12.5. The van der Waals surface area contributed by atoms with Crippen molar-refractivity contribution < 1.29 is 9.90 Å². The lowest BCUT2D eigenvalue weighted by Gasteiger charge is -2.31. The molecule has 33 heavy (non-hydrogen) atoms. The molecule has 5 heteroatoms. The fraction of sp³-hybridized carbons (Fsp3) is 0.500. The Morgan fingerprint density at radius 1 is 1.18 bits per heavy atom. The highest BCUT2D eigenvalue weighted by molar-refractivity contribution is 5.84. The Morgan fingerprint density at radius 3 is 2.64 bits per heavy atom. The molecule has 0 saturated carbocycles. The topological polar surface area (TPSA) is 76.4 Å². The number of amides is 1. The van der Waals surface area contributed by atoms with Gasteiger partial charge in [-0.25, -0.2) is 0 Å². The number of benzene rings is 2. The second-order valence-electron chi connectivity index (χ2n) is 9.55. The lowest BCUT2D eigenvalue weighted by molar-refractivity contribution is -0.122. The second-order valence-corrected chi connectivity index (χ2v) is 9.55. The van der Waals surface area contributed by atoms with E-state index in [0.717, 1.165) is 56.4 Å². The van der Waals surface area contributed by atoms with Gasteiger partial charge in [0, 0.05) is 6.54 Å². The van der Waals surface area contributed by atoms with Gasteiger partial charge in [-0.1, -0.05) is 62.4 Å². The third-order valence-corrected chi connectivity index (χ3v) is 6.61. The van der Waals surface area contributed by atoms with E-state index in [1.807, 2.05) is 18.2 Å². The van der Waals surface area contributed by atoms with Gasteiger partial charge in [-0.3, -0.25) is 4.79 Å². The van der Waals surface area contributed by atoms with Crippen molar-refractivity contribution in [1.82, 2.24) is 10.2 Å². The van der Waals surface area contributed by atoms with E-state index in [4.69, 9.17) is 5.26 Å². The number of likely N-dealkylation sites (tertiary alicyclic amines) is 1. The minimum absolute atomic E-state index is 0.0348. The van der Waals surface area contributed by atoms with Crippen molar-refractivity contribution in [3.63, 3.8) is 0 Å². The SMILES string of the molecule is CC(C)CC(C(=O)NCC#N)c1cccc(-c2ccccc2CC2CCN(CCO)CC2)c1. The molecule has 0 aliphatic carbocycles. The summed E-state index contributed by atoms with van der Waals surface area (Å²) in [6.07, 6.45) is 4.11. The van der Waals surface area contributed by atoms with E-state index in [1.165, 1.54) is 11.1 Å². The Hall–Kier alpha value is -2.68. The van der Waals surface area contributed by atoms with Crippen molar-refractivity contribution >= 4 is 5.91 Å². The zero-order valence-corrected chi connectivity index (χ0v) is 20.0. The summed E-state index contributed by atoms with van der Waals surface area (Å²) in [5, 5.41) is 20.8. The summed E-state index contributed by atoms with van der Waals surface area (Å²) >= 11 is 0. The summed E-state index contributed by atoms with van der Waals surface area (Å²) in [7, 11) is 0. The Balaban J connectivity index is 1.81. The van der Waals surface area contributed by atoms with Crippen molar-refractivity contribution in [3.05, 3.63) is 59.7 Å². The molecular formula is C28H37N3O2. The molecule has 0 radical (unpaired) electrons. The van der Waals surface area contributed by atoms with E-state index in [9.17, 15) is 9.90 Å². The minimum Gasteiger partial charge on any atom is -0.395 e. The Kier molecular flexibility index (Phi) is 9.47. The maximum Gasteiger partial charge on any atom is 0.228 e. The molecule has 2 aromatic rings. The first-order chi connectivity index (χ1) is 16.0. The first-order valence-corrected chi connectivity index (χ1v) is 12.2. The summed E-state index contributed by atoms with van der Waals surface area (Å²) in [6, 6.07) is 19.0. The normalized spacial score (nSPS) is 15.8. The van der Waals surface area contributed by atoms with Crippen molar-refractivity contribution in [2.45, 2.75) is 45.4 Å². The predicted molar refractivity (Wildman–Crippen MR) is 133 cm³/mol. The molecule has 1 atom stereocenters. The molecular weight excluding hydrogens is 410 g/mol. The predicted octanol–water partition coefficient (Wildman–Crippen LogP) is 4.37. The smallest absolute Gasteiger partial charge is 0.228 e. The number of rotatable bonds is 10. The van der Waals surface area contributed by atoms with E-state index < -0.39 is 0 Å². The molecule has 3 rings (SSSR count). The molecule has 2 N–H and O–H groups in total. The van der Waals surface area contributed by atoms with Crippen LogP contribution in [0.15, 0.2) is 48.5 Å².